The van der Waals surface area contributed by atoms with Crippen LogP contribution in [0.2, 0.25) is 15.1 Å². The van der Waals surface area contributed by atoms with Crippen molar-refractivity contribution in [2.75, 3.05) is 13.7 Å². The Kier molecular flexibility index (Phi) is 9.25. The maximum atomic E-state index is 14.4. The van der Waals surface area contributed by atoms with Crippen molar-refractivity contribution in [2.24, 2.45) is 4.99 Å². The van der Waals surface area contributed by atoms with Crippen molar-refractivity contribution in [3.05, 3.63) is 136 Å². The number of halogens is 3. The van der Waals surface area contributed by atoms with Crippen LogP contribution in [0, 0.1) is 0 Å². The molecule has 5 aromatic rings. The van der Waals surface area contributed by atoms with Gasteiger partial charge in [0.2, 0.25) is 0 Å². The summed E-state index contributed by atoms with van der Waals surface area (Å²) in [4.78, 5) is 33.0. The summed E-state index contributed by atoms with van der Waals surface area (Å²) in [7, 11) is 1.57. The maximum Gasteiger partial charge on any atom is 0.338 e. The molecule has 1 aliphatic heterocycles. The predicted octanol–water partition coefficient (Wildman–Crippen LogP) is 7.50. The second-order valence-electron chi connectivity index (χ2n) is 10.4. The number of aromatic nitrogens is 1. The first-order chi connectivity index (χ1) is 22.2. The summed E-state index contributed by atoms with van der Waals surface area (Å²) in [5, 5.41) is 3.24. The number of fused-ring (bicyclic) bond motifs is 2. The molecule has 0 radical (unpaired) electrons. The van der Waals surface area contributed by atoms with E-state index in [2.05, 4.69) is 0 Å². The van der Waals surface area contributed by atoms with Gasteiger partial charge in [-0.1, -0.05) is 82.5 Å². The smallest absolute Gasteiger partial charge is 0.338 e. The molecule has 1 aromatic heterocycles. The van der Waals surface area contributed by atoms with Crippen LogP contribution in [0.4, 0.5) is 0 Å². The van der Waals surface area contributed by atoms with Crippen molar-refractivity contribution >= 4 is 69.0 Å². The first-order valence-corrected chi connectivity index (χ1v) is 16.3. The molecular formula is C35H27Cl3N2O5S. The van der Waals surface area contributed by atoms with E-state index in [0.29, 0.717) is 52.7 Å². The zero-order valence-corrected chi connectivity index (χ0v) is 28.1. The normalized spacial score (nSPS) is 14.7. The third kappa shape index (κ3) is 6.06. The van der Waals surface area contributed by atoms with E-state index in [-0.39, 0.29) is 24.3 Å². The standard InChI is InChI=1S/C35H27Cl3N2O5S/c1-4-44-34(42)30-19(2)39-35-40(32(30)31-25-8-6-5-7-20(25)10-13-28(31)43-3)33(41)29(46-35)16-22-15-23(36)12-14-27(22)45-18-21-9-11-24(37)17-26(21)38/h5-17,32H,4,18H2,1-3H3/b29-16-/t32-/m0/s1. The van der Waals surface area contributed by atoms with Crippen LogP contribution in [0.3, 0.4) is 0 Å². The Balaban J connectivity index is 1.53. The van der Waals surface area contributed by atoms with Crippen LogP contribution in [0.25, 0.3) is 16.8 Å². The maximum absolute atomic E-state index is 14.4. The minimum Gasteiger partial charge on any atom is -0.496 e. The fraction of sp³-hybridized carbons (Fsp3) is 0.171. The van der Waals surface area contributed by atoms with Gasteiger partial charge >= 0.3 is 5.97 Å². The van der Waals surface area contributed by atoms with Crippen molar-refractivity contribution < 1.29 is 19.0 Å². The second-order valence-corrected chi connectivity index (χ2v) is 12.7. The number of carbonyl (C=O) groups is 1. The van der Waals surface area contributed by atoms with Crippen LogP contribution in [0.15, 0.2) is 93.9 Å². The highest BCUT2D eigenvalue weighted by atomic mass is 35.5. The highest BCUT2D eigenvalue weighted by Gasteiger charge is 2.36. The Morgan fingerprint density at radius 3 is 2.50 bits per heavy atom. The van der Waals surface area contributed by atoms with Gasteiger partial charge in [-0.05, 0) is 67.1 Å². The van der Waals surface area contributed by atoms with E-state index < -0.39 is 12.0 Å². The van der Waals surface area contributed by atoms with Crippen LogP contribution in [-0.2, 0) is 16.1 Å². The summed E-state index contributed by atoms with van der Waals surface area (Å²) >= 11 is 20.0. The molecule has 234 valence electrons. The molecule has 11 heteroatoms. The molecule has 0 bridgehead atoms. The third-order valence-electron chi connectivity index (χ3n) is 7.60. The average Bonchev–Trinajstić information content (AvgIpc) is 3.34. The van der Waals surface area contributed by atoms with E-state index in [0.717, 1.165) is 16.3 Å². The van der Waals surface area contributed by atoms with Crippen molar-refractivity contribution in [1.82, 2.24) is 4.57 Å². The molecular weight excluding hydrogens is 667 g/mol. The molecule has 0 amide bonds. The number of methoxy groups -OCH3 is 1. The number of ether oxygens (including phenoxy) is 3. The van der Waals surface area contributed by atoms with Crippen LogP contribution < -0.4 is 24.4 Å². The van der Waals surface area contributed by atoms with Gasteiger partial charge < -0.3 is 14.2 Å². The first kappa shape index (κ1) is 31.9. The minimum absolute atomic E-state index is 0.165. The Morgan fingerprint density at radius 2 is 1.74 bits per heavy atom. The summed E-state index contributed by atoms with van der Waals surface area (Å²) < 4.78 is 19.4. The Bertz CT molecular complexity index is 2220. The molecule has 46 heavy (non-hydrogen) atoms. The molecule has 0 aliphatic carbocycles. The zero-order valence-electron chi connectivity index (χ0n) is 25.0. The molecule has 0 N–H and O–H groups in total. The number of carbonyl (C=O) groups excluding carboxylic acids is 1. The number of allylic oxidation sites excluding steroid dienone is 1. The summed E-state index contributed by atoms with van der Waals surface area (Å²) in [6.07, 6.45) is 1.72. The van der Waals surface area contributed by atoms with Crippen molar-refractivity contribution in [1.29, 1.82) is 0 Å². The van der Waals surface area contributed by atoms with Gasteiger partial charge in [0, 0.05) is 31.8 Å². The van der Waals surface area contributed by atoms with Gasteiger partial charge in [0.15, 0.2) is 4.80 Å². The number of hydrogen-bond donors (Lipinski definition) is 0. The zero-order chi connectivity index (χ0) is 32.5. The fourth-order valence-electron chi connectivity index (χ4n) is 5.50. The van der Waals surface area contributed by atoms with E-state index in [4.69, 9.17) is 54.0 Å². The van der Waals surface area contributed by atoms with E-state index in [1.54, 1.807) is 68.0 Å². The fourth-order valence-corrected chi connectivity index (χ4v) is 7.18. The average molecular weight is 694 g/mol. The van der Waals surface area contributed by atoms with E-state index >= 15 is 0 Å². The van der Waals surface area contributed by atoms with E-state index in [1.165, 1.54) is 11.3 Å². The van der Waals surface area contributed by atoms with Gasteiger partial charge in [-0.3, -0.25) is 9.36 Å². The number of nitrogens with zero attached hydrogens (tertiary/aromatic N) is 2. The van der Waals surface area contributed by atoms with Crippen LogP contribution >= 0.6 is 46.1 Å². The molecule has 2 heterocycles. The molecule has 4 aromatic carbocycles. The lowest BCUT2D eigenvalue weighted by molar-refractivity contribution is -0.139. The van der Waals surface area contributed by atoms with Crippen LogP contribution in [-0.4, -0.2) is 24.3 Å². The highest BCUT2D eigenvalue weighted by Crippen LogP contribution is 2.40. The van der Waals surface area contributed by atoms with Crippen molar-refractivity contribution in [2.45, 2.75) is 26.5 Å². The van der Waals surface area contributed by atoms with Gasteiger partial charge in [0.1, 0.15) is 24.1 Å². The van der Waals surface area contributed by atoms with Crippen LogP contribution in [0.1, 0.15) is 36.6 Å². The van der Waals surface area contributed by atoms with Crippen molar-refractivity contribution in [3.63, 3.8) is 0 Å². The van der Waals surface area contributed by atoms with Gasteiger partial charge in [-0.2, -0.15) is 0 Å². The lowest BCUT2D eigenvalue weighted by Gasteiger charge is -2.27. The second kappa shape index (κ2) is 13.3. The lowest BCUT2D eigenvalue weighted by atomic mass is 9.90. The predicted molar refractivity (Wildman–Crippen MR) is 183 cm³/mol. The lowest BCUT2D eigenvalue weighted by Crippen LogP contribution is -2.40. The summed E-state index contributed by atoms with van der Waals surface area (Å²) in [5.74, 6) is 0.475. The quantitative estimate of drug-likeness (QED) is 0.157. The topological polar surface area (TPSA) is 79.1 Å². The molecule has 0 unspecified atom stereocenters. The molecule has 7 nitrogen and oxygen atoms in total. The summed E-state index contributed by atoms with van der Waals surface area (Å²) in [6.45, 7) is 3.82. The summed E-state index contributed by atoms with van der Waals surface area (Å²) in [5.41, 5.74) is 2.38. The van der Waals surface area contributed by atoms with E-state index in [1.807, 2.05) is 36.4 Å². The Hall–Kier alpha value is -4.08. The highest BCUT2D eigenvalue weighted by molar-refractivity contribution is 7.07. The largest absolute Gasteiger partial charge is 0.496 e. The van der Waals surface area contributed by atoms with Gasteiger partial charge in [-0.15, -0.1) is 0 Å². The number of rotatable bonds is 8. The molecule has 6 rings (SSSR count). The van der Waals surface area contributed by atoms with E-state index in [9.17, 15) is 9.59 Å². The number of thiazole rings is 1. The van der Waals surface area contributed by atoms with Crippen molar-refractivity contribution in [3.8, 4) is 11.5 Å². The first-order valence-electron chi connectivity index (χ1n) is 14.3. The van der Waals surface area contributed by atoms with Crippen LogP contribution in [0.5, 0.6) is 11.5 Å². The molecule has 0 fully saturated rings. The minimum atomic E-state index is -0.861. The molecule has 1 aliphatic rings. The molecule has 1 atom stereocenters. The van der Waals surface area contributed by atoms with Gasteiger partial charge in [0.25, 0.3) is 5.56 Å². The third-order valence-corrected chi connectivity index (χ3v) is 9.40. The van der Waals surface area contributed by atoms with Gasteiger partial charge in [-0.25, -0.2) is 9.79 Å². The Morgan fingerprint density at radius 1 is 1.00 bits per heavy atom. The number of benzene rings is 4. The SMILES string of the molecule is CCOC(=O)C1=C(C)N=c2s/c(=C\c3cc(Cl)ccc3OCc3ccc(Cl)cc3Cl)c(=O)n2[C@@H]1c1c(OC)ccc2ccccc12. The molecule has 0 saturated carbocycles. The molecule has 0 saturated heterocycles. The Labute approximate surface area is 283 Å². The number of hydrogen-bond acceptors (Lipinski definition) is 7. The monoisotopic (exact) mass is 692 g/mol. The number of esters is 1. The molecule has 0 spiro atoms. The van der Waals surface area contributed by atoms with Gasteiger partial charge in [0.05, 0.1) is 29.5 Å². The summed E-state index contributed by atoms with van der Waals surface area (Å²) in [6, 6.07) is 21.0.